The molecule has 2 unspecified atom stereocenters. The van der Waals surface area contributed by atoms with Crippen LogP contribution in [-0.4, -0.2) is 6.88 Å². The van der Waals surface area contributed by atoms with Crippen molar-refractivity contribution >= 4 is 43.8 Å². The summed E-state index contributed by atoms with van der Waals surface area (Å²) in [5, 5.41) is 0. The SMILES string of the molecule is CC(C)(C)c1ccc(-c2cccc3c2C=C(CC24CCC(CC2)C4)[CH]3[Zr]([CH3])([CH3])(=[SiH2])[CH]2C(CC34CCC(CC3)C4)=Cc3c(-c4ccc(C(C)(C)C)cc4)cccc32)cc1.Cl.Cl. The second kappa shape index (κ2) is 15.3. The zero-order valence-corrected chi connectivity index (χ0v) is 43.6. The Morgan fingerprint density at radius 2 is 0.883 bits per heavy atom. The van der Waals surface area contributed by atoms with Crippen LogP contribution in [0.25, 0.3) is 34.4 Å². The topological polar surface area (TPSA) is 0 Å². The van der Waals surface area contributed by atoms with Crippen LogP contribution >= 0.6 is 24.8 Å². The number of allylic oxidation sites excluding steroid dienone is 2. The van der Waals surface area contributed by atoms with Crippen molar-refractivity contribution in [2.45, 2.75) is 146 Å². The first-order valence-corrected chi connectivity index (χ1v) is 37.0. The summed E-state index contributed by atoms with van der Waals surface area (Å²) in [6, 6.07) is 34.2. The molecule has 0 amide bonds. The molecule has 0 saturated heterocycles. The summed E-state index contributed by atoms with van der Waals surface area (Å²) in [7, 11) is 0. The maximum absolute atomic E-state index is 3.92. The molecule has 60 heavy (non-hydrogen) atoms. The van der Waals surface area contributed by atoms with E-state index in [4.69, 9.17) is 0 Å². The van der Waals surface area contributed by atoms with Crippen LogP contribution in [0.4, 0.5) is 0 Å². The molecule has 10 rings (SSSR count). The van der Waals surface area contributed by atoms with Crippen LogP contribution in [-0.2, 0) is 28.2 Å². The van der Waals surface area contributed by atoms with Crippen molar-refractivity contribution in [3.63, 3.8) is 0 Å². The van der Waals surface area contributed by atoms with Gasteiger partial charge in [-0.25, -0.2) is 0 Å². The maximum atomic E-state index is 2.93. The number of rotatable bonds is 8. The molecule has 0 N–H and O–H groups in total. The molecule has 0 aromatic heterocycles. The smallest absolute Gasteiger partial charge is 0.147 e. The Kier molecular flexibility index (Phi) is 11.4. The van der Waals surface area contributed by atoms with Gasteiger partial charge < -0.3 is 0 Å². The minimum atomic E-state index is -3.92. The van der Waals surface area contributed by atoms with Gasteiger partial charge in [-0.05, 0) is 0 Å². The quantitative estimate of drug-likeness (QED) is 0.154. The van der Waals surface area contributed by atoms with Gasteiger partial charge in [0, 0.05) is 0 Å². The Hall–Kier alpha value is -1.96. The Morgan fingerprint density at radius 1 is 0.533 bits per heavy atom. The monoisotopic (exact) mass is 932 g/mol. The summed E-state index contributed by atoms with van der Waals surface area (Å²) in [5.74, 6) is 1.95. The molecular formula is C56H72Cl2SiZr. The summed E-state index contributed by atoms with van der Waals surface area (Å²) in [4.78, 5) is 0. The van der Waals surface area contributed by atoms with Gasteiger partial charge in [0.05, 0.1) is 0 Å². The average Bonchev–Trinajstić information content (AvgIpc) is 4.04. The van der Waals surface area contributed by atoms with Crippen molar-refractivity contribution in [2.75, 3.05) is 0 Å². The van der Waals surface area contributed by atoms with Gasteiger partial charge in [0.25, 0.3) is 0 Å². The molecule has 4 bridgehead atoms. The molecular weight excluding hydrogens is 863 g/mol. The van der Waals surface area contributed by atoms with E-state index >= 15 is 0 Å². The third-order valence-corrected chi connectivity index (χ3v) is 34.8. The van der Waals surface area contributed by atoms with E-state index in [1.54, 1.807) is 22.3 Å². The molecule has 4 fully saturated rings. The number of fused-ring (bicyclic) bond motifs is 6. The van der Waals surface area contributed by atoms with Crippen molar-refractivity contribution in [1.29, 1.82) is 0 Å². The number of hydrogen-bond donors (Lipinski definition) is 0. The molecule has 6 aliphatic carbocycles. The van der Waals surface area contributed by atoms with Gasteiger partial charge in [-0.2, -0.15) is 0 Å². The van der Waals surface area contributed by atoms with E-state index in [9.17, 15) is 0 Å². The van der Waals surface area contributed by atoms with E-state index in [1.165, 1.54) is 110 Å². The first-order valence-electron chi connectivity index (χ1n) is 23.4. The molecule has 0 heterocycles. The van der Waals surface area contributed by atoms with Crippen molar-refractivity contribution in [2.24, 2.45) is 22.7 Å². The van der Waals surface area contributed by atoms with E-state index in [0.29, 0.717) is 18.1 Å². The molecule has 0 aliphatic heterocycles. The molecule has 6 aliphatic rings. The first-order chi connectivity index (χ1) is 27.4. The summed E-state index contributed by atoms with van der Waals surface area (Å²) in [5.41, 5.74) is 19.9. The van der Waals surface area contributed by atoms with Gasteiger partial charge in [0.15, 0.2) is 0 Å². The second-order valence-corrected chi connectivity index (χ2v) is 54.6. The molecule has 0 spiro atoms. The molecule has 0 radical (unpaired) electrons. The summed E-state index contributed by atoms with van der Waals surface area (Å²) >= 11 is -3.92. The summed E-state index contributed by atoms with van der Waals surface area (Å²) < 4.78 is 6.99. The molecule has 4 aromatic rings. The largest absolute Gasteiger partial charge is 0.147 e. The Bertz CT molecular complexity index is 2250. The maximum Gasteiger partial charge on any atom is -0.147 e. The number of hydrogen-bond acceptors (Lipinski definition) is 0. The predicted octanol–water partition coefficient (Wildman–Crippen LogP) is 16.3. The molecule has 318 valence electrons. The van der Waals surface area contributed by atoms with Crippen LogP contribution < -0.4 is 0 Å². The summed E-state index contributed by atoms with van der Waals surface area (Å²) in [6.45, 7) is 16.6. The first kappa shape index (κ1) is 44.6. The zero-order valence-electron chi connectivity index (χ0n) is 38.1. The Labute approximate surface area is 378 Å². The fraction of sp³-hybridized carbons (Fsp3) is 0.500. The predicted molar refractivity (Wildman–Crippen MR) is 265 cm³/mol. The fourth-order valence-electron chi connectivity index (χ4n) is 14.4. The van der Waals surface area contributed by atoms with E-state index in [-0.39, 0.29) is 35.6 Å². The standard InChI is InChI=1S/2C27H31.2CH3.2ClH.H2Si.Zr/c2*1-26(2,3)23-9-7-21(8-10-23)24-6-4-5-22-15-20(16-25(22)24)18-27-13-11-19(17-27)12-14-27;;;;;;/h2*4-10,15-16,19H,11-14,17-18H2,1-3H3;2*1H3;2*1H;1H2;. The average molecular weight is 935 g/mol. The van der Waals surface area contributed by atoms with E-state index in [2.05, 4.69) is 155 Å². The Balaban J connectivity index is 0.00000249. The summed E-state index contributed by atoms with van der Waals surface area (Å²) in [6.07, 6.45) is 22.8. The van der Waals surface area contributed by atoms with Crippen molar-refractivity contribution < 1.29 is 17.4 Å². The minimum absolute atomic E-state index is 0. The van der Waals surface area contributed by atoms with Crippen molar-refractivity contribution in [3.05, 3.63) is 129 Å². The third kappa shape index (κ3) is 7.54. The van der Waals surface area contributed by atoms with Crippen molar-refractivity contribution in [1.82, 2.24) is 0 Å². The third-order valence-electron chi connectivity index (χ3n) is 17.3. The molecule has 2 atom stereocenters. The molecule has 0 nitrogen and oxygen atoms in total. The zero-order chi connectivity index (χ0) is 40.5. The van der Waals surface area contributed by atoms with E-state index in [1.807, 2.05) is 11.1 Å². The van der Waals surface area contributed by atoms with E-state index < -0.39 is 17.4 Å². The minimum Gasteiger partial charge on any atom is -0.147 e. The Morgan fingerprint density at radius 3 is 1.18 bits per heavy atom. The van der Waals surface area contributed by atoms with Gasteiger partial charge in [0.2, 0.25) is 0 Å². The van der Waals surface area contributed by atoms with Gasteiger partial charge in [-0.3, -0.25) is 0 Å². The van der Waals surface area contributed by atoms with Crippen LogP contribution in [0.15, 0.2) is 96.1 Å². The molecule has 4 aromatic carbocycles. The van der Waals surface area contributed by atoms with Gasteiger partial charge in [-0.15, -0.1) is 24.8 Å². The van der Waals surface area contributed by atoms with Crippen LogP contribution in [0.5, 0.6) is 0 Å². The fourth-order valence-corrected chi connectivity index (χ4v) is 34.1. The van der Waals surface area contributed by atoms with Gasteiger partial charge >= 0.3 is 357 Å². The van der Waals surface area contributed by atoms with Crippen LogP contribution in [0, 0.1) is 22.7 Å². The van der Waals surface area contributed by atoms with Crippen LogP contribution in [0.1, 0.15) is 159 Å². The molecule has 4 heteroatoms. The van der Waals surface area contributed by atoms with Gasteiger partial charge in [0.1, 0.15) is 0 Å². The second-order valence-electron chi connectivity index (χ2n) is 24.2. The van der Waals surface area contributed by atoms with Crippen LogP contribution in [0.2, 0.25) is 9.26 Å². The molecule has 4 saturated carbocycles. The van der Waals surface area contributed by atoms with Crippen molar-refractivity contribution in [3.8, 4) is 22.3 Å². The van der Waals surface area contributed by atoms with Crippen LogP contribution in [0.3, 0.4) is 0 Å². The van der Waals surface area contributed by atoms with Gasteiger partial charge in [-0.1, -0.05) is 0 Å². The number of benzene rings is 4. The van der Waals surface area contributed by atoms with E-state index in [0.717, 1.165) is 11.8 Å². The normalized spacial score (nSPS) is 27.9. The number of halogens is 2.